The lowest BCUT2D eigenvalue weighted by Gasteiger charge is -2.40. The highest BCUT2D eigenvalue weighted by atomic mass is 32.2. The van der Waals surface area contributed by atoms with Crippen molar-refractivity contribution in [2.24, 2.45) is 0 Å². The number of nitrogens with one attached hydrogen (secondary N) is 2. The van der Waals surface area contributed by atoms with Gasteiger partial charge in [-0.3, -0.25) is 0 Å². The van der Waals surface area contributed by atoms with E-state index in [0.29, 0.717) is 24.0 Å². The molecule has 2 N–H and O–H groups in total. The molecule has 1 fully saturated rings. The van der Waals surface area contributed by atoms with E-state index in [-0.39, 0.29) is 4.75 Å². The summed E-state index contributed by atoms with van der Waals surface area (Å²) < 4.78 is 28.0. The van der Waals surface area contributed by atoms with Gasteiger partial charge < -0.3 is 5.32 Å². The van der Waals surface area contributed by atoms with Crippen LogP contribution in [0.3, 0.4) is 0 Å². The summed E-state index contributed by atoms with van der Waals surface area (Å²) in [5.74, 6) is 0. The van der Waals surface area contributed by atoms with E-state index in [4.69, 9.17) is 0 Å². The second kappa shape index (κ2) is 7.00. The molecule has 120 valence electrons. The molecule has 7 heteroatoms. The van der Waals surface area contributed by atoms with Gasteiger partial charge in [0.05, 0.1) is 4.90 Å². The van der Waals surface area contributed by atoms with Crippen LogP contribution in [0.25, 0.3) is 0 Å². The van der Waals surface area contributed by atoms with Crippen molar-refractivity contribution in [3.63, 3.8) is 0 Å². The van der Waals surface area contributed by atoms with Gasteiger partial charge in [0.15, 0.2) is 0 Å². The molecule has 1 aromatic heterocycles. The van der Waals surface area contributed by atoms with Gasteiger partial charge in [0, 0.05) is 28.8 Å². The van der Waals surface area contributed by atoms with Crippen LogP contribution in [-0.4, -0.2) is 32.0 Å². The molecule has 0 atom stereocenters. The highest BCUT2D eigenvalue weighted by Crippen LogP contribution is 2.42. The first-order valence-electron chi connectivity index (χ1n) is 7.23. The quantitative estimate of drug-likeness (QED) is 0.758. The molecule has 1 aliphatic carbocycles. The molecule has 0 radical (unpaired) electrons. The predicted molar refractivity (Wildman–Crippen MR) is 91.6 cm³/mol. The summed E-state index contributed by atoms with van der Waals surface area (Å²) in [5.41, 5.74) is 0. The van der Waals surface area contributed by atoms with Gasteiger partial charge in [0.25, 0.3) is 0 Å². The monoisotopic (exact) mass is 348 g/mol. The summed E-state index contributed by atoms with van der Waals surface area (Å²) in [6.07, 6.45) is 5.46. The largest absolute Gasteiger partial charge is 0.310 e. The minimum Gasteiger partial charge on any atom is -0.310 e. The first-order chi connectivity index (χ1) is 9.88. The molecular formula is C14H24N2O2S3. The molecule has 2 rings (SSSR count). The van der Waals surface area contributed by atoms with Crippen molar-refractivity contribution in [1.82, 2.24) is 10.0 Å². The molecule has 1 aromatic rings. The number of rotatable bonds is 8. The van der Waals surface area contributed by atoms with E-state index in [1.165, 1.54) is 17.8 Å². The lowest BCUT2D eigenvalue weighted by molar-refractivity contribution is 0.362. The average molecular weight is 349 g/mol. The van der Waals surface area contributed by atoms with Gasteiger partial charge >= 0.3 is 0 Å². The van der Waals surface area contributed by atoms with E-state index < -0.39 is 10.0 Å². The molecule has 0 spiro atoms. The average Bonchev–Trinajstić information content (AvgIpc) is 2.84. The van der Waals surface area contributed by atoms with Crippen molar-refractivity contribution in [1.29, 1.82) is 0 Å². The second-order valence-electron chi connectivity index (χ2n) is 5.81. The molecule has 0 amide bonds. The highest BCUT2D eigenvalue weighted by molar-refractivity contribution is 8.00. The number of thioether (sulfide) groups is 1. The summed E-state index contributed by atoms with van der Waals surface area (Å²) in [6.45, 7) is 5.24. The van der Waals surface area contributed by atoms with Crippen LogP contribution >= 0.6 is 23.1 Å². The van der Waals surface area contributed by atoms with Crippen LogP contribution in [-0.2, 0) is 16.6 Å². The SMILES string of the molecule is CSC1(CNS(=O)(=O)c2ccsc2CNC(C)C)CCC1. The van der Waals surface area contributed by atoms with Gasteiger partial charge in [-0.1, -0.05) is 20.3 Å². The predicted octanol–water partition coefficient (Wildman–Crippen LogP) is 2.81. The zero-order valence-electron chi connectivity index (χ0n) is 12.8. The summed E-state index contributed by atoms with van der Waals surface area (Å²) in [6, 6.07) is 2.04. The highest BCUT2D eigenvalue weighted by Gasteiger charge is 2.37. The van der Waals surface area contributed by atoms with Gasteiger partial charge in [-0.05, 0) is 30.5 Å². The lowest BCUT2D eigenvalue weighted by atomic mass is 9.84. The Morgan fingerprint density at radius 1 is 1.43 bits per heavy atom. The van der Waals surface area contributed by atoms with Crippen LogP contribution < -0.4 is 10.0 Å². The fourth-order valence-corrected chi connectivity index (χ4v) is 5.85. The van der Waals surface area contributed by atoms with E-state index in [1.54, 1.807) is 17.8 Å². The normalized spacial score (nSPS) is 17.9. The Morgan fingerprint density at radius 2 is 2.14 bits per heavy atom. The Morgan fingerprint density at radius 3 is 2.67 bits per heavy atom. The van der Waals surface area contributed by atoms with Crippen molar-refractivity contribution in [2.45, 2.75) is 55.3 Å². The van der Waals surface area contributed by atoms with E-state index in [1.807, 2.05) is 5.38 Å². The summed E-state index contributed by atoms with van der Waals surface area (Å²) >= 11 is 3.27. The number of sulfonamides is 1. The molecule has 1 saturated carbocycles. The van der Waals surface area contributed by atoms with Gasteiger partial charge in [-0.25, -0.2) is 13.1 Å². The smallest absolute Gasteiger partial charge is 0.241 e. The third-order valence-corrected chi connectivity index (χ3v) is 7.90. The maximum Gasteiger partial charge on any atom is 0.241 e. The first-order valence-corrected chi connectivity index (χ1v) is 10.8. The molecule has 0 bridgehead atoms. The Hall–Kier alpha value is -0.0800. The van der Waals surface area contributed by atoms with E-state index in [2.05, 4.69) is 30.1 Å². The Bertz CT molecular complexity index is 557. The van der Waals surface area contributed by atoms with Gasteiger partial charge in [-0.15, -0.1) is 11.3 Å². The maximum atomic E-state index is 12.5. The molecule has 0 unspecified atom stereocenters. The van der Waals surface area contributed by atoms with Crippen molar-refractivity contribution < 1.29 is 8.42 Å². The van der Waals surface area contributed by atoms with Crippen LogP contribution in [0.4, 0.5) is 0 Å². The van der Waals surface area contributed by atoms with Crippen molar-refractivity contribution in [2.75, 3.05) is 12.8 Å². The maximum absolute atomic E-state index is 12.5. The summed E-state index contributed by atoms with van der Waals surface area (Å²) in [5, 5.41) is 5.13. The first kappa shape index (κ1) is 17.3. The Labute approximate surface area is 136 Å². The fourth-order valence-electron chi connectivity index (χ4n) is 2.32. The molecule has 0 aliphatic heterocycles. The van der Waals surface area contributed by atoms with Gasteiger partial charge in [-0.2, -0.15) is 11.8 Å². The second-order valence-corrected chi connectivity index (χ2v) is 9.82. The van der Waals surface area contributed by atoms with Crippen molar-refractivity contribution >= 4 is 33.1 Å². The van der Waals surface area contributed by atoms with Crippen LogP contribution in [0.1, 0.15) is 38.0 Å². The molecule has 0 aromatic carbocycles. The topological polar surface area (TPSA) is 58.2 Å². The van der Waals surface area contributed by atoms with Crippen molar-refractivity contribution in [3.8, 4) is 0 Å². The Balaban J connectivity index is 2.04. The Kier molecular flexibility index (Phi) is 5.76. The molecule has 1 aliphatic rings. The van der Waals surface area contributed by atoms with Crippen molar-refractivity contribution in [3.05, 3.63) is 16.3 Å². The van der Waals surface area contributed by atoms with Crippen LogP contribution in [0.15, 0.2) is 16.3 Å². The minimum atomic E-state index is -3.41. The number of hydrogen-bond acceptors (Lipinski definition) is 5. The standard InChI is InChI=1S/C14H24N2O2S3/c1-11(2)15-9-12-13(5-8-20-12)21(17,18)16-10-14(19-3)6-4-7-14/h5,8,11,15-16H,4,6-7,9-10H2,1-3H3. The minimum absolute atomic E-state index is 0.111. The van der Waals surface area contributed by atoms with Crippen LogP contribution in [0.2, 0.25) is 0 Å². The third kappa shape index (κ3) is 4.22. The van der Waals surface area contributed by atoms with E-state index in [9.17, 15) is 8.42 Å². The fraction of sp³-hybridized carbons (Fsp3) is 0.714. The number of thiophene rings is 1. The van der Waals surface area contributed by atoms with Gasteiger partial charge in [0.2, 0.25) is 10.0 Å². The summed E-state index contributed by atoms with van der Waals surface area (Å²) in [7, 11) is -3.41. The van der Waals surface area contributed by atoms with E-state index in [0.717, 1.165) is 17.7 Å². The van der Waals surface area contributed by atoms with Crippen LogP contribution in [0, 0.1) is 0 Å². The molecule has 21 heavy (non-hydrogen) atoms. The molecular weight excluding hydrogens is 324 g/mol. The molecule has 1 heterocycles. The number of hydrogen-bond donors (Lipinski definition) is 2. The van der Waals surface area contributed by atoms with Gasteiger partial charge in [0.1, 0.15) is 0 Å². The third-order valence-electron chi connectivity index (χ3n) is 3.95. The van der Waals surface area contributed by atoms with E-state index >= 15 is 0 Å². The van der Waals surface area contributed by atoms with Crippen LogP contribution in [0.5, 0.6) is 0 Å². The molecule has 0 saturated heterocycles. The zero-order chi connectivity index (χ0) is 15.5. The molecule has 4 nitrogen and oxygen atoms in total. The summed E-state index contributed by atoms with van der Waals surface area (Å²) in [4.78, 5) is 1.30. The lowest BCUT2D eigenvalue weighted by Crippen LogP contribution is -2.45. The zero-order valence-corrected chi connectivity index (χ0v) is 15.3.